The van der Waals surface area contributed by atoms with Crippen molar-refractivity contribution < 1.29 is 9.84 Å². The van der Waals surface area contributed by atoms with Crippen LogP contribution >= 0.6 is 0 Å². The lowest BCUT2D eigenvalue weighted by atomic mass is 9.88. The Morgan fingerprint density at radius 1 is 1.03 bits per heavy atom. The molecule has 2 unspecified atom stereocenters. The van der Waals surface area contributed by atoms with Gasteiger partial charge >= 0.3 is 0 Å². The van der Waals surface area contributed by atoms with E-state index in [1.807, 2.05) is 0 Å². The molecule has 3 heteroatoms. The fourth-order valence-corrected chi connectivity index (χ4v) is 5.11. The summed E-state index contributed by atoms with van der Waals surface area (Å²) in [6, 6.07) is 17.4. The normalized spacial score (nSPS) is 16.2. The highest BCUT2D eigenvalue weighted by Crippen LogP contribution is 2.32. The number of benzene rings is 2. The molecule has 0 saturated carbocycles. The first-order valence-electron chi connectivity index (χ1n) is 12.6. The second-order valence-corrected chi connectivity index (χ2v) is 10.3. The number of rotatable bonds is 13. The SMILES string of the molecule is CCCCCc1ccccc1C(C)OCC(O)CNC(C)(C)CC1Cc2ccccc2C1. The monoisotopic (exact) mass is 437 g/mol. The molecule has 0 amide bonds. The Kier molecular flexibility index (Phi) is 9.34. The average Bonchev–Trinajstić information content (AvgIpc) is 3.18. The van der Waals surface area contributed by atoms with Crippen LogP contribution in [0.5, 0.6) is 0 Å². The predicted molar refractivity (Wildman–Crippen MR) is 134 cm³/mol. The molecule has 0 radical (unpaired) electrons. The first-order valence-corrected chi connectivity index (χ1v) is 12.6. The molecule has 0 aromatic heterocycles. The van der Waals surface area contributed by atoms with Crippen molar-refractivity contribution in [1.82, 2.24) is 5.32 Å². The summed E-state index contributed by atoms with van der Waals surface area (Å²) in [5.74, 6) is 0.674. The first-order chi connectivity index (χ1) is 15.4. The van der Waals surface area contributed by atoms with Crippen molar-refractivity contribution in [1.29, 1.82) is 0 Å². The maximum absolute atomic E-state index is 10.6. The zero-order valence-electron chi connectivity index (χ0n) is 20.6. The van der Waals surface area contributed by atoms with E-state index in [1.165, 1.54) is 54.4 Å². The van der Waals surface area contributed by atoms with Crippen molar-refractivity contribution in [2.24, 2.45) is 5.92 Å². The van der Waals surface area contributed by atoms with E-state index in [0.29, 0.717) is 19.1 Å². The number of ether oxygens (including phenoxy) is 1. The molecule has 2 aromatic carbocycles. The lowest BCUT2D eigenvalue weighted by Gasteiger charge is -2.31. The summed E-state index contributed by atoms with van der Waals surface area (Å²) in [7, 11) is 0. The minimum Gasteiger partial charge on any atom is -0.389 e. The molecule has 0 bridgehead atoms. The molecule has 3 nitrogen and oxygen atoms in total. The van der Waals surface area contributed by atoms with Gasteiger partial charge in [-0.15, -0.1) is 0 Å². The van der Waals surface area contributed by atoms with E-state index in [1.54, 1.807) is 0 Å². The van der Waals surface area contributed by atoms with Crippen LogP contribution in [0.15, 0.2) is 48.5 Å². The highest BCUT2D eigenvalue weighted by atomic mass is 16.5. The van der Waals surface area contributed by atoms with E-state index in [2.05, 4.69) is 81.5 Å². The van der Waals surface area contributed by atoms with Gasteiger partial charge in [0.1, 0.15) is 0 Å². The molecular formula is C29H43NO2. The Hall–Kier alpha value is -1.68. The van der Waals surface area contributed by atoms with Crippen molar-refractivity contribution in [3.63, 3.8) is 0 Å². The van der Waals surface area contributed by atoms with Crippen molar-refractivity contribution >= 4 is 0 Å². The lowest BCUT2D eigenvalue weighted by Crippen LogP contribution is -2.45. The summed E-state index contributed by atoms with van der Waals surface area (Å²) in [6.07, 6.45) is 7.74. The third-order valence-electron chi connectivity index (χ3n) is 6.83. The van der Waals surface area contributed by atoms with E-state index in [9.17, 15) is 5.11 Å². The van der Waals surface area contributed by atoms with Gasteiger partial charge < -0.3 is 15.2 Å². The number of aliphatic hydroxyl groups is 1. The van der Waals surface area contributed by atoms with Gasteiger partial charge in [-0.05, 0) is 81.0 Å². The Balaban J connectivity index is 1.41. The summed E-state index contributed by atoms with van der Waals surface area (Å²) in [6.45, 7) is 9.74. The predicted octanol–water partition coefficient (Wildman–Crippen LogP) is 6.03. The van der Waals surface area contributed by atoms with Gasteiger partial charge in [-0.2, -0.15) is 0 Å². The van der Waals surface area contributed by atoms with Crippen LogP contribution in [0.3, 0.4) is 0 Å². The number of nitrogens with one attached hydrogen (secondary N) is 1. The molecule has 0 saturated heterocycles. The van der Waals surface area contributed by atoms with Gasteiger partial charge in [-0.25, -0.2) is 0 Å². The van der Waals surface area contributed by atoms with Gasteiger partial charge in [0.25, 0.3) is 0 Å². The first kappa shape index (κ1) is 25.0. The maximum atomic E-state index is 10.6. The number of aliphatic hydroxyl groups excluding tert-OH is 1. The molecule has 1 aliphatic carbocycles. The number of aryl methyl sites for hydroxylation is 1. The largest absolute Gasteiger partial charge is 0.389 e. The Morgan fingerprint density at radius 2 is 1.69 bits per heavy atom. The van der Waals surface area contributed by atoms with Gasteiger partial charge in [0.05, 0.1) is 18.8 Å². The molecular weight excluding hydrogens is 394 g/mol. The molecule has 3 rings (SSSR count). The Labute approximate surface area is 195 Å². The van der Waals surface area contributed by atoms with Crippen molar-refractivity contribution in [3.05, 3.63) is 70.8 Å². The quantitative estimate of drug-likeness (QED) is 0.376. The Bertz CT molecular complexity index is 806. The van der Waals surface area contributed by atoms with Crippen LogP contribution in [0.1, 0.15) is 81.7 Å². The highest BCUT2D eigenvalue weighted by molar-refractivity contribution is 5.32. The average molecular weight is 438 g/mol. The molecule has 2 N–H and O–H groups in total. The third kappa shape index (κ3) is 7.43. The van der Waals surface area contributed by atoms with Crippen molar-refractivity contribution in [2.45, 2.75) is 90.4 Å². The maximum Gasteiger partial charge on any atom is 0.0898 e. The van der Waals surface area contributed by atoms with E-state index in [4.69, 9.17) is 4.74 Å². The summed E-state index contributed by atoms with van der Waals surface area (Å²) >= 11 is 0. The van der Waals surface area contributed by atoms with Gasteiger partial charge in [0.2, 0.25) is 0 Å². The standard InChI is InChI=1S/C29H43NO2/c1-5-6-7-12-24-13-10-11-16-28(24)22(2)32-21-27(31)20-30-29(3,4)19-23-17-25-14-8-9-15-26(25)18-23/h8-11,13-16,22-23,27,30-31H,5-7,12,17-21H2,1-4H3. The van der Waals surface area contributed by atoms with Crippen LogP contribution in [-0.2, 0) is 24.0 Å². The molecule has 2 atom stereocenters. The van der Waals surface area contributed by atoms with Crippen LogP contribution in [0.25, 0.3) is 0 Å². The van der Waals surface area contributed by atoms with Gasteiger partial charge in [0.15, 0.2) is 0 Å². The minimum absolute atomic E-state index is 0.00696. The topological polar surface area (TPSA) is 41.5 Å². The molecule has 32 heavy (non-hydrogen) atoms. The number of hydrogen-bond donors (Lipinski definition) is 2. The number of β-amino-alcohol motifs (C(OH)–C–C–N with tert-alkyl or cyclic N) is 1. The summed E-state index contributed by atoms with van der Waals surface area (Å²) < 4.78 is 6.09. The molecule has 0 aliphatic heterocycles. The summed E-state index contributed by atoms with van der Waals surface area (Å²) in [5, 5.41) is 14.2. The second-order valence-electron chi connectivity index (χ2n) is 10.3. The highest BCUT2D eigenvalue weighted by Gasteiger charge is 2.28. The van der Waals surface area contributed by atoms with Gasteiger partial charge in [-0.3, -0.25) is 0 Å². The Morgan fingerprint density at radius 3 is 2.38 bits per heavy atom. The molecule has 0 heterocycles. The minimum atomic E-state index is -0.509. The van der Waals surface area contributed by atoms with E-state index in [0.717, 1.165) is 12.8 Å². The van der Waals surface area contributed by atoms with Gasteiger partial charge in [0, 0.05) is 12.1 Å². The fourth-order valence-electron chi connectivity index (χ4n) is 5.11. The molecule has 1 aliphatic rings. The van der Waals surface area contributed by atoms with Crippen LogP contribution in [0, 0.1) is 5.92 Å². The summed E-state index contributed by atoms with van der Waals surface area (Å²) in [4.78, 5) is 0. The molecule has 0 spiro atoms. The van der Waals surface area contributed by atoms with Crippen molar-refractivity contribution in [2.75, 3.05) is 13.2 Å². The van der Waals surface area contributed by atoms with Gasteiger partial charge in [-0.1, -0.05) is 68.3 Å². The molecule has 2 aromatic rings. The third-order valence-corrected chi connectivity index (χ3v) is 6.83. The van der Waals surface area contributed by atoms with E-state index >= 15 is 0 Å². The van der Waals surface area contributed by atoms with Crippen LogP contribution in [-0.4, -0.2) is 29.9 Å². The molecule has 176 valence electrons. The second kappa shape index (κ2) is 12.0. The van der Waals surface area contributed by atoms with E-state index < -0.39 is 6.10 Å². The van der Waals surface area contributed by atoms with Crippen LogP contribution in [0.4, 0.5) is 0 Å². The van der Waals surface area contributed by atoms with E-state index in [-0.39, 0.29) is 11.6 Å². The molecule has 0 fully saturated rings. The zero-order chi connectivity index (χ0) is 23.0. The lowest BCUT2D eigenvalue weighted by molar-refractivity contribution is -0.00492. The van der Waals surface area contributed by atoms with Crippen LogP contribution < -0.4 is 5.32 Å². The fraction of sp³-hybridized carbons (Fsp3) is 0.586. The number of hydrogen-bond acceptors (Lipinski definition) is 3. The van der Waals surface area contributed by atoms with Crippen molar-refractivity contribution in [3.8, 4) is 0 Å². The summed E-state index contributed by atoms with van der Waals surface area (Å²) in [5.41, 5.74) is 5.63. The zero-order valence-corrected chi connectivity index (χ0v) is 20.6. The number of unbranched alkanes of at least 4 members (excludes halogenated alkanes) is 2. The van der Waals surface area contributed by atoms with Crippen LogP contribution in [0.2, 0.25) is 0 Å². The number of fused-ring (bicyclic) bond motifs is 1. The smallest absolute Gasteiger partial charge is 0.0898 e.